The molecular weight excluding hydrogens is 208 g/mol. The monoisotopic (exact) mass is 220 g/mol. The van der Waals surface area contributed by atoms with Gasteiger partial charge < -0.3 is 9.67 Å². The van der Waals surface area contributed by atoms with Crippen LogP contribution in [0, 0.1) is 0 Å². The van der Waals surface area contributed by atoms with Gasteiger partial charge in [-0.15, -0.1) is 11.8 Å². The van der Waals surface area contributed by atoms with Crippen LogP contribution in [0.15, 0.2) is 6.20 Å². The van der Waals surface area contributed by atoms with Crippen LogP contribution in [0.5, 0.6) is 0 Å². The predicted molar refractivity (Wildman–Crippen MR) is 56.1 cm³/mol. The van der Waals surface area contributed by atoms with E-state index in [9.17, 15) is 0 Å². The number of rotatable bonds is 4. The second-order valence-electron chi connectivity index (χ2n) is 2.86. The molecule has 0 radical (unpaired) electrons. The molecule has 0 aliphatic heterocycles. The Balaban J connectivity index is 2.50. The Kier molecular flexibility index (Phi) is 4.09. The number of nitrogens with zero attached hydrogens (tertiary/aromatic N) is 2. The topological polar surface area (TPSA) is 38.1 Å². The summed E-state index contributed by atoms with van der Waals surface area (Å²) in [6.45, 7) is 2.18. The van der Waals surface area contributed by atoms with Gasteiger partial charge in [-0.1, -0.05) is 18.5 Å². The van der Waals surface area contributed by atoms with Crippen LogP contribution in [0.25, 0.3) is 0 Å². The lowest BCUT2D eigenvalue weighted by Crippen LogP contribution is -2.04. The van der Waals surface area contributed by atoms with E-state index in [-0.39, 0.29) is 11.9 Å². The van der Waals surface area contributed by atoms with Gasteiger partial charge in [-0.3, -0.25) is 0 Å². The Morgan fingerprint density at radius 2 is 2.46 bits per heavy atom. The molecule has 0 saturated carbocycles. The fraction of sp³-hybridized carbons (Fsp3) is 0.625. The number of aromatic nitrogens is 2. The summed E-state index contributed by atoms with van der Waals surface area (Å²) in [7, 11) is 1.88. The van der Waals surface area contributed by atoms with Crippen LogP contribution < -0.4 is 0 Å². The number of halogens is 1. The van der Waals surface area contributed by atoms with Crippen molar-refractivity contribution in [3.63, 3.8) is 0 Å². The van der Waals surface area contributed by atoms with Crippen LogP contribution >= 0.6 is 23.4 Å². The zero-order valence-electron chi connectivity index (χ0n) is 7.70. The quantitative estimate of drug-likeness (QED) is 0.839. The van der Waals surface area contributed by atoms with Gasteiger partial charge in [0.2, 0.25) is 0 Å². The summed E-state index contributed by atoms with van der Waals surface area (Å²) < 4.78 is 1.85. The lowest BCUT2D eigenvalue weighted by atomic mass is 10.5. The third kappa shape index (κ3) is 2.90. The van der Waals surface area contributed by atoms with Crippen LogP contribution in [0.1, 0.15) is 12.7 Å². The molecule has 3 nitrogen and oxygen atoms in total. The van der Waals surface area contributed by atoms with Gasteiger partial charge in [-0.25, -0.2) is 4.98 Å². The lowest BCUT2D eigenvalue weighted by Gasteiger charge is -2.07. The standard InChI is InChI=1S/C8H13ClN2OS/c1-6(4-12)13-5-8-10-3-7(9)11(8)2/h3,6,12H,4-5H2,1-2H3. The highest BCUT2D eigenvalue weighted by Gasteiger charge is 2.06. The van der Waals surface area contributed by atoms with E-state index in [0.29, 0.717) is 5.15 Å². The van der Waals surface area contributed by atoms with Crippen molar-refractivity contribution in [2.45, 2.75) is 17.9 Å². The van der Waals surface area contributed by atoms with Gasteiger partial charge >= 0.3 is 0 Å². The van der Waals surface area contributed by atoms with E-state index < -0.39 is 0 Å². The van der Waals surface area contributed by atoms with Crippen LogP contribution in [-0.2, 0) is 12.8 Å². The predicted octanol–water partition coefficient (Wildman–Crippen LogP) is 1.69. The molecule has 0 amide bonds. The second-order valence-corrected chi connectivity index (χ2v) is 4.67. The Labute approximate surface area is 87.1 Å². The van der Waals surface area contributed by atoms with Gasteiger partial charge in [0.15, 0.2) is 0 Å². The Hall–Kier alpha value is -0.190. The molecule has 0 aliphatic rings. The normalized spacial score (nSPS) is 13.2. The van der Waals surface area contributed by atoms with Crippen molar-refractivity contribution in [1.29, 1.82) is 0 Å². The molecule has 0 fully saturated rings. The van der Waals surface area contributed by atoms with Gasteiger partial charge in [0.05, 0.1) is 18.6 Å². The van der Waals surface area contributed by atoms with E-state index in [4.69, 9.17) is 16.7 Å². The number of aliphatic hydroxyl groups excluding tert-OH is 1. The van der Waals surface area contributed by atoms with E-state index in [1.54, 1.807) is 18.0 Å². The first-order valence-corrected chi connectivity index (χ1v) is 5.46. The first-order valence-electron chi connectivity index (χ1n) is 4.03. The number of thioether (sulfide) groups is 1. The molecule has 1 atom stereocenters. The summed E-state index contributed by atoms with van der Waals surface area (Å²) in [5.41, 5.74) is 0. The smallest absolute Gasteiger partial charge is 0.128 e. The Bertz CT molecular complexity index is 277. The van der Waals surface area contributed by atoms with Gasteiger partial charge in [0.25, 0.3) is 0 Å². The van der Waals surface area contributed by atoms with Crippen LogP contribution in [0.2, 0.25) is 5.15 Å². The molecule has 1 rings (SSSR count). The van der Waals surface area contributed by atoms with Crippen molar-refractivity contribution >= 4 is 23.4 Å². The molecule has 1 aromatic rings. The van der Waals surface area contributed by atoms with Crippen LogP contribution in [0.3, 0.4) is 0 Å². The molecule has 1 N–H and O–H groups in total. The first kappa shape index (κ1) is 10.9. The number of imidazole rings is 1. The van der Waals surface area contributed by atoms with Gasteiger partial charge in [-0.2, -0.15) is 0 Å². The number of hydrogen-bond acceptors (Lipinski definition) is 3. The molecule has 1 heterocycles. The molecule has 1 aromatic heterocycles. The minimum atomic E-state index is 0.197. The third-order valence-electron chi connectivity index (χ3n) is 1.78. The van der Waals surface area contributed by atoms with E-state index in [0.717, 1.165) is 11.6 Å². The molecule has 13 heavy (non-hydrogen) atoms. The average molecular weight is 221 g/mol. The highest BCUT2D eigenvalue weighted by molar-refractivity contribution is 7.99. The molecule has 0 bridgehead atoms. The average Bonchev–Trinajstić information content (AvgIpc) is 2.44. The van der Waals surface area contributed by atoms with E-state index in [2.05, 4.69) is 4.98 Å². The molecule has 0 aliphatic carbocycles. The van der Waals surface area contributed by atoms with E-state index >= 15 is 0 Å². The summed E-state index contributed by atoms with van der Waals surface area (Å²) >= 11 is 7.49. The maximum atomic E-state index is 8.81. The molecule has 74 valence electrons. The minimum Gasteiger partial charge on any atom is -0.395 e. The largest absolute Gasteiger partial charge is 0.395 e. The van der Waals surface area contributed by atoms with Crippen molar-refractivity contribution in [2.75, 3.05) is 6.61 Å². The van der Waals surface area contributed by atoms with Crippen molar-refractivity contribution in [3.05, 3.63) is 17.2 Å². The minimum absolute atomic E-state index is 0.197. The fourth-order valence-electron chi connectivity index (χ4n) is 0.828. The molecular formula is C8H13ClN2OS. The maximum Gasteiger partial charge on any atom is 0.128 e. The maximum absolute atomic E-state index is 8.81. The van der Waals surface area contributed by atoms with Gasteiger partial charge in [0, 0.05) is 12.3 Å². The summed E-state index contributed by atoms with van der Waals surface area (Å²) in [5, 5.41) is 9.70. The lowest BCUT2D eigenvalue weighted by molar-refractivity contribution is 0.300. The summed E-state index contributed by atoms with van der Waals surface area (Å²) in [4.78, 5) is 4.15. The Morgan fingerprint density at radius 1 is 1.77 bits per heavy atom. The molecule has 0 aromatic carbocycles. The highest BCUT2D eigenvalue weighted by atomic mass is 35.5. The fourth-order valence-corrected chi connectivity index (χ4v) is 1.78. The van der Waals surface area contributed by atoms with Crippen LogP contribution in [0.4, 0.5) is 0 Å². The van der Waals surface area contributed by atoms with Crippen LogP contribution in [-0.4, -0.2) is 26.5 Å². The van der Waals surface area contributed by atoms with Crippen molar-refractivity contribution < 1.29 is 5.11 Å². The van der Waals surface area contributed by atoms with E-state index in [1.807, 2.05) is 18.5 Å². The van der Waals surface area contributed by atoms with Crippen molar-refractivity contribution in [2.24, 2.45) is 7.05 Å². The number of hydrogen-bond donors (Lipinski definition) is 1. The van der Waals surface area contributed by atoms with Crippen molar-refractivity contribution in [3.8, 4) is 0 Å². The highest BCUT2D eigenvalue weighted by Crippen LogP contribution is 2.18. The Morgan fingerprint density at radius 3 is 2.92 bits per heavy atom. The third-order valence-corrected chi connectivity index (χ3v) is 3.28. The zero-order chi connectivity index (χ0) is 9.84. The SMILES string of the molecule is CC(CO)SCc1ncc(Cl)n1C. The number of aliphatic hydroxyl groups is 1. The molecule has 0 spiro atoms. The van der Waals surface area contributed by atoms with Gasteiger partial charge in [-0.05, 0) is 0 Å². The van der Waals surface area contributed by atoms with Crippen molar-refractivity contribution in [1.82, 2.24) is 9.55 Å². The summed E-state index contributed by atoms with van der Waals surface area (Å²) in [6.07, 6.45) is 1.64. The zero-order valence-corrected chi connectivity index (χ0v) is 9.27. The first-order chi connectivity index (χ1) is 6.15. The molecule has 1 unspecified atom stereocenters. The summed E-state index contributed by atoms with van der Waals surface area (Å²) in [5.74, 6) is 1.72. The second kappa shape index (κ2) is 4.88. The van der Waals surface area contributed by atoms with Gasteiger partial charge in [0.1, 0.15) is 11.0 Å². The van der Waals surface area contributed by atoms with E-state index in [1.165, 1.54) is 0 Å². The molecule has 0 saturated heterocycles. The molecule has 5 heteroatoms. The summed E-state index contributed by atoms with van der Waals surface area (Å²) in [6, 6.07) is 0.